The second kappa shape index (κ2) is 8.05. The van der Waals surface area contributed by atoms with Gasteiger partial charge in [-0.2, -0.15) is 0 Å². The van der Waals surface area contributed by atoms with Crippen molar-refractivity contribution in [3.63, 3.8) is 0 Å². The maximum Gasteiger partial charge on any atom is 0.220 e. The van der Waals surface area contributed by atoms with Gasteiger partial charge in [-0.25, -0.2) is 0 Å². The molecule has 0 aromatic heterocycles. The zero-order chi connectivity index (χ0) is 10.1. The second-order valence-electron chi connectivity index (χ2n) is 3.08. The summed E-state index contributed by atoms with van der Waals surface area (Å²) in [6.07, 6.45) is 1.62. The summed E-state index contributed by atoms with van der Waals surface area (Å²) in [4.78, 5) is 13.4. The molecule has 0 aromatic carbocycles. The molecule has 0 rings (SSSR count). The fourth-order valence-electron chi connectivity index (χ4n) is 1.29. The molecule has 0 atom stereocenters. The molecule has 1 amide bonds. The Morgan fingerprint density at radius 2 is 1.85 bits per heavy atom. The van der Waals surface area contributed by atoms with Crippen LogP contribution in [0.3, 0.4) is 0 Å². The molecule has 0 fully saturated rings. The molecule has 0 heterocycles. The van der Waals surface area contributed by atoms with Crippen LogP contribution in [0.5, 0.6) is 0 Å². The van der Waals surface area contributed by atoms with Gasteiger partial charge >= 0.3 is 0 Å². The second-order valence-corrected chi connectivity index (χ2v) is 3.08. The summed E-state index contributed by atoms with van der Waals surface area (Å²) in [5, 5.41) is 2.80. The Bertz CT molecular complexity index is 133. The van der Waals surface area contributed by atoms with Gasteiger partial charge in [-0.05, 0) is 33.0 Å². The Kier molecular flexibility index (Phi) is 7.69. The van der Waals surface area contributed by atoms with Crippen molar-refractivity contribution in [3.05, 3.63) is 0 Å². The zero-order valence-electron chi connectivity index (χ0n) is 9.10. The highest BCUT2D eigenvalue weighted by atomic mass is 16.1. The summed E-state index contributed by atoms with van der Waals surface area (Å²) >= 11 is 0. The lowest BCUT2D eigenvalue weighted by molar-refractivity contribution is -0.121. The van der Waals surface area contributed by atoms with Gasteiger partial charge in [0.2, 0.25) is 5.91 Å². The van der Waals surface area contributed by atoms with Crippen molar-refractivity contribution < 1.29 is 4.79 Å². The van der Waals surface area contributed by atoms with E-state index in [1.165, 1.54) is 0 Å². The quantitative estimate of drug-likeness (QED) is 0.649. The molecule has 0 spiro atoms. The fourth-order valence-corrected chi connectivity index (χ4v) is 1.29. The van der Waals surface area contributed by atoms with Gasteiger partial charge in [0.15, 0.2) is 0 Å². The van der Waals surface area contributed by atoms with E-state index in [1.807, 2.05) is 6.92 Å². The number of carbonyl (C=O) groups excluding carboxylic acids is 1. The third-order valence-electron chi connectivity index (χ3n) is 2.15. The number of rotatable bonds is 7. The van der Waals surface area contributed by atoms with Gasteiger partial charge in [-0.3, -0.25) is 4.79 Å². The van der Waals surface area contributed by atoms with E-state index >= 15 is 0 Å². The van der Waals surface area contributed by atoms with Crippen LogP contribution >= 0.6 is 0 Å². The number of nitrogens with one attached hydrogen (secondary N) is 1. The summed E-state index contributed by atoms with van der Waals surface area (Å²) in [7, 11) is 0. The van der Waals surface area contributed by atoms with Gasteiger partial charge in [-0.1, -0.05) is 13.8 Å². The van der Waals surface area contributed by atoms with Crippen LogP contribution < -0.4 is 5.32 Å². The van der Waals surface area contributed by atoms with Gasteiger partial charge < -0.3 is 10.2 Å². The lowest BCUT2D eigenvalue weighted by atomic mass is 10.2. The Hall–Kier alpha value is -0.570. The molecule has 0 bridgehead atoms. The van der Waals surface area contributed by atoms with Crippen LogP contribution in [0.4, 0.5) is 0 Å². The standard InChI is InChI=1S/C10H22N2O/c1-4-11-10(13)8-7-9-12(5-2)6-3/h4-9H2,1-3H3,(H,11,13). The summed E-state index contributed by atoms with van der Waals surface area (Å²) in [5.74, 6) is 0.176. The smallest absolute Gasteiger partial charge is 0.220 e. The van der Waals surface area contributed by atoms with Gasteiger partial charge in [0.05, 0.1) is 0 Å². The van der Waals surface area contributed by atoms with Gasteiger partial charge in [0.1, 0.15) is 0 Å². The highest BCUT2D eigenvalue weighted by Crippen LogP contribution is 1.94. The van der Waals surface area contributed by atoms with Crippen molar-refractivity contribution in [3.8, 4) is 0 Å². The molecule has 0 aliphatic heterocycles. The predicted octanol–water partition coefficient (Wildman–Crippen LogP) is 1.24. The summed E-state index contributed by atoms with van der Waals surface area (Å²) in [6.45, 7) is 10.2. The first kappa shape index (κ1) is 12.4. The molecule has 0 unspecified atom stereocenters. The predicted molar refractivity (Wildman–Crippen MR) is 55.7 cm³/mol. The van der Waals surface area contributed by atoms with E-state index in [0.29, 0.717) is 6.42 Å². The summed E-state index contributed by atoms with van der Waals surface area (Å²) in [5.41, 5.74) is 0. The van der Waals surface area contributed by atoms with Crippen LogP contribution in [0.1, 0.15) is 33.6 Å². The molecule has 13 heavy (non-hydrogen) atoms. The van der Waals surface area contributed by atoms with E-state index in [-0.39, 0.29) is 5.91 Å². The van der Waals surface area contributed by atoms with Crippen LogP contribution in [0.25, 0.3) is 0 Å². The average Bonchev–Trinajstić information content (AvgIpc) is 2.13. The van der Waals surface area contributed by atoms with Crippen molar-refractivity contribution in [1.82, 2.24) is 10.2 Å². The number of nitrogens with zero attached hydrogens (tertiary/aromatic N) is 1. The van der Waals surface area contributed by atoms with Crippen molar-refractivity contribution in [1.29, 1.82) is 0 Å². The Morgan fingerprint density at radius 1 is 1.23 bits per heavy atom. The molecule has 0 aromatic rings. The Balaban J connectivity index is 3.37. The van der Waals surface area contributed by atoms with Crippen LogP contribution in [0.2, 0.25) is 0 Å². The lowest BCUT2D eigenvalue weighted by Crippen LogP contribution is -2.27. The van der Waals surface area contributed by atoms with Gasteiger partial charge in [-0.15, -0.1) is 0 Å². The molecule has 1 N–H and O–H groups in total. The van der Waals surface area contributed by atoms with Crippen LogP contribution in [-0.2, 0) is 4.79 Å². The minimum atomic E-state index is 0.176. The van der Waals surface area contributed by atoms with Crippen LogP contribution in [-0.4, -0.2) is 37.0 Å². The molecule has 0 aliphatic carbocycles. The molecular weight excluding hydrogens is 164 g/mol. The molecular formula is C10H22N2O. The largest absolute Gasteiger partial charge is 0.356 e. The number of hydrogen-bond acceptors (Lipinski definition) is 2. The van der Waals surface area contributed by atoms with Gasteiger partial charge in [0, 0.05) is 13.0 Å². The molecule has 3 heteroatoms. The molecule has 0 radical (unpaired) electrons. The van der Waals surface area contributed by atoms with E-state index in [0.717, 1.165) is 32.6 Å². The molecule has 78 valence electrons. The van der Waals surface area contributed by atoms with Crippen LogP contribution in [0.15, 0.2) is 0 Å². The van der Waals surface area contributed by atoms with Gasteiger partial charge in [0.25, 0.3) is 0 Å². The maximum absolute atomic E-state index is 11.1. The van der Waals surface area contributed by atoms with Crippen molar-refractivity contribution >= 4 is 5.91 Å². The van der Waals surface area contributed by atoms with E-state index in [4.69, 9.17) is 0 Å². The summed E-state index contributed by atoms with van der Waals surface area (Å²) in [6, 6.07) is 0. The van der Waals surface area contributed by atoms with Crippen molar-refractivity contribution in [2.24, 2.45) is 0 Å². The monoisotopic (exact) mass is 186 g/mol. The summed E-state index contributed by atoms with van der Waals surface area (Å²) < 4.78 is 0. The van der Waals surface area contributed by atoms with E-state index in [2.05, 4.69) is 24.1 Å². The minimum Gasteiger partial charge on any atom is -0.356 e. The number of hydrogen-bond donors (Lipinski definition) is 1. The van der Waals surface area contributed by atoms with Crippen molar-refractivity contribution in [2.75, 3.05) is 26.2 Å². The Labute approximate surface area is 81.5 Å². The molecule has 0 saturated heterocycles. The maximum atomic E-state index is 11.1. The van der Waals surface area contributed by atoms with E-state index < -0.39 is 0 Å². The number of carbonyl (C=O) groups is 1. The lowest BCUT2D eigenvalue weighted by Gasteiger charge is -2.17. The first-order valence-corrected chi connectivity index (χ1v) is 5.23. The third-order valence-corrected chi connectivity index (χ3v) is 2.15. The SMILES string of the molecule is CCNC(=O)CCCN(CC)CC. The molecule has 3 nitrogen and oxygen atoms in total. The molecule has 0 aliphatic rings. The molecule has 0 saturated carbocycles. The topological polar surface area (TPSA) is 32.3 Å². The highest BCUT2D eigenvalue weighted by molar-refractivity contribution is 5.75. The zero-order valence-corrected chi connectivity index (χ0v) is 9.10. The fraction of sp³-hybridized carbons (Fsp3) is 0.900. The normalized spacial score (nSPS) is 10.5. The van der Waals surface area contributed by atoms with Crippen molar-refractivity contribution in [2.45, 2.75) is 33.6 Å². The Morgan fingerprint density at radius 3 is 2.31 bits per heavy atom. The third kappa shape index (κ3) is 6.58. The number of amides is 1. The first-order valence-electron chi connectivity index (χ1n) is 5.23. The van der Waals surface area contributed by atoms with E-state index in [1.54, 1.807) is 0 Å². The van der Waals surface area contributed by atoms with Crippen LogP contribution in [0, 0.1) is 0 Å². The van der Waals surface area contributed by atoms with E-state index in [9.17, 15) is 4.79 Å². The highest BCUT2D eigenvalue weighted by Gasteiger charge is 2.01. The first-order chi connectivity index (χ1) is 6.24. The average molecular weight is 186 g/mol. The minimum absolute atomic E-state index is 0.176.